The molecule has 0 spiro atoms. The zero-order chi connectivity index (χ0) is 14.5. The van der Waals surface area contributed by atoms with Gasteiger partial charge < -0.3 is 10.6 Å². The Morgan fingerprint density at radius 1 is 1.26 bits per heavy atom. The molecule has 1 rings (SSSR count). The molecule has 0 aromatic heterocycles. The van der Waals surface area contributed by atoms with Gasteiger partial charge in [0.05, 0.1) is 0 Å². The van der Waals surface area contributed by atoms with E-state index in [-0.39, 0.29) is 0 Å². The van der Waals surface area contributed by atoms with Crippen LogP contribution >= 0.6 is 0 Å². The molecule has 1 aliphatic rings. The van der Waals surface area contributed by atoms with Crippen molar-refractivity contribution in [2.24, 2.45) is 23.0 Å². The number of amides is 1. The van der Waals surface area contributed by atoms with E-state index in [0.717, 1.165) is 32.4 Å². The van der Waals surface area contributed by atoms with Gasteiger partial charge in [-0.1, -0.05) is 27.7 Å². The van der Waals surface area contributed by atoms with E-state index < -0.39 is 0 Å². The number of likely N-dealkylation sites (tertiary alicyclic amines) is 1. The molecule has 1 amide bonds. The average molecular weight is 268 g/mol. The highest BCUT2D eigenvalue weighted by Gasteiger charge is 2.26. The van der Waals surface area contributed by atoms with Crippen LogP contribution in [0.4, 0.5) is 0 Å². The van der Waals surface area contributed by atoms with E-state index in [4.69, 9.17) is 5.73 Å². The van der Waals surface area contributed by atoms with E-state index >= 15 is 0 Å². The van der Waals surface area contributed by atoms with Crippen LogP contribution in [-0.2, 0) is 4.79 Å². The summed E-state index contributed by atoms with van der Waals surface area (Å²) in [5, 5.41) is 0. The first kappa shape index (κ1) is 16.5. The van der Waals surface area contributed by atoms with Crippen molar-refractivity contribution >= 4 is 5.91 Å². The standard InChI is InChI=1S/C16H32N2O/c1-13(2)10-14(12-17)11-15(19)18-8-5-6-16(3,4)7-9-18/h13-14H,5-12,17H2,1-4H3/t14-/m0/s1. The third-order valence-corrected chi connectivity index (χ3v) is 4.29. The fourth-order valence-electron chi connectivity index (χ4n) is 2.98. The Labute approximate surface area is 118 Å². The minimum atomic E-state index is 0.314. The van der Waals surface area contributed by atoms with Crippen molar-refractivity contribution in [3.8, 4) is 0 Å². The van der Waals surface area contributed by atoms with Gasteiger partial charge in [0.25, 0.3) is 0 Å². The maximum Gasteiger partial charge on any atom is 0.222 e. The molecule has 112 valence electrons. The molecule has 0 bridgehead atoms. The third-order valence-electron chi connectivity index (χ3n) is 4.29. The van der Waals surface area contributed by atoms with Crippen LogP contribution in [0, 0.1) is 17.3 Å². The largest absolute Gasteiger partial charge is 0.343 e. The Morgan fingerprint density at radius 3 is 2.53 bits per heavy atom. The second kappa shape index (κ2) is 7.28. The van der Waals surface area contributed by atoms with Gasteiger partial charge in [0.15, 0.2) is 0 Å². The molecule has 19 heavy (non-hydrogen) atoms. The summed E-state index contributed by atoms with van der Waals surface area (Å²) in [7, 11) is 0. The van der Waals surface area contributed by atoms with E-state index in [1.807, 2.05) is 0 Å². The van der Waals surface area contributed by atoms with Crippen molar-refractivity contribution in [3.05, 3.63) is 0 Å². The highest BCUT2D eigenvalue weighted by atomic mass is 16.2. The van der Waals surface area contributed by atoms with Gasteiger partial charge >= 0.3 is 0 Å². The predicted molar refractivity (Wildman–Crippen MR) is 80.8 cm³/mol. The second-order valence-electron chi connectivity index (χ2n) is 7.33. The van der Waals surface area contributed by atoms with Crippen molar-refractivity contribution in [2.75, 3.05) is 19.6 Å². The molecule has 1 heterocycles. The molecule has 0 radical (unpaired) electrons. The smallest absolute Gasteiger partial charge is 0.222 e. The number of nitrogens with zero attached hydrogens (tertiary/aromatic N) is 1. The quantitative estimate of drug-likeness (QED) is 0.833. The third kappa shape index (κ3) is 5.94. The van der Waals surface area contributed by atoms with E-state index in [1.54, 1.807) is 0 Å². The number of rotatable bonds is 5. The van der Waals surface area contributed by atoms with Crippen LogP contribution in [0.25, 0.3) is 0 Å². The van der Waals surface area contributed by atoms with Crippen LogP contribution in [0.1, 0.15) is 59.8 Å². The van der Waals surface area contributed by atoms with Gasteiger partial charge in [0.2, 0.25) is 5.91 Å². The van der Waals surface area contributed by atoms with Crippen molar-refractivity contribution in [1.29, 1.82) is 0 Å². The zero-order valence-corrected chi connectivity index (χ0v) is 13.2. The predicted octanol–water partition coefficient (Wildman–Crippen LogP) is 3.04. The van der Waals surface area contributed by atoms with E-state index in [1.165, 1.54) is 6.42 Å². The molecule has 0 aromatic carbocycles. The van der Waals surface area contributed by atoms with Crippen LogP contribution in [0.2, 0.25) is 0 Å². The minimum Gasteiger partial charge on any atom is -0.343 e. The fourth-order valence-corrected chi connectivity index (χ4v) is 2.98. The summed E-state index contributed by atoms with van der Waals surface area (Å²) in [4.78, 5) is 14.5. The molecule has 1 fully saturated rings. The van der Waals surface area contributed by atoms with Crippen LogP contribution in [0.3, 0.4) is 0 Å². The van der Waals surface area contributed by atoms with Gasteiger partial charge in [-0.15, -0.1) is 0 Å². The Kier molecular flexibility index (Phi) is 6.31. The summed E-state index contributed by atoms with van der Waals surface area (Å²) in [5.74, 6) is 1.28. The van der Waals surface area contributed by atoms with Crippen LogP contribution in [0.5, 0.6) is 0 Å². The molecule has 3 heteroatoms. The topological polar surface area (TPSA) is 46.3 Å². The van der Waals surface area contributed by atoms with Crippen molar-refractivity contribution in [1.82, 2.24) is 4.90 Å². The lowest BCUT2D eigenvalue weighted by Crippen LogP contribution is -2.35. The summed E-state index contributed by atoms with van der Waals surface area (Å²) in [5.41, 5.74) is 6.19. The Hall–Kier alpha value is -0.570. The lowest BCUT2D eigenvalue weighted by molar-refractivity contribution is -0.132. The monoisotopic (exact) mass is 268 g/mol. The molecule has 0 aromatic rings. The summed E-state index contributed by atoms with van der Waals surface area (Å²) >= 11 is 0. The van der Waals surface area contributed by atoms with Crippen LogP contribution in [0.15, 0.2) is 0 Å². The van der Waals surface area contributed by atoms with Crippen LogP contribution in [-0.4, -0.2) is 30.4 Å². The summed E-state index contributed by atoms with van der Waals surface area (Å²) < 4.78 is 0. The second-order valence-corrected chi connectivity index (χ2v) is 7.33. The lowest BCUT2D eigenvalue weighted by atomic mass is 9.85. The SMILES string of the molecule is CC(C)C[C@H](CN)CC(=O)N1CCCC(C)(C)CC1. The summed E-state index contributed by atoms with van der Waals surface area (Å²) in [6, 6.07) is 0. The molecule has 3 nitrogen and oxygen atoms in total. The average Bonchev–Trinajstić information content (AvgIpc) is 2.48. The molecular weight excluding hydrogens is 236 g/mol. The molecular formula is C16H32N2O. The van der Waals surface area contributed by atoms with Gasteiger partial charge in [-0.3, -0.25) is 4.79 Å². The van der Waals surface area contributed by atoms with Gasteiger partial charge in [0.1, 0.15) is 0 Å². The minimum absolute atomic E-state index is 0.314. The van der Waals surface area contributed by atoms with Crippen molar-refractivity contribution < 1.29 is 4.79 Å². The first-order valence-electron chi connectivity index (χ1n) is 7.82. The van der Waals surface area contributed by atoms with Crippen LogP contribution < -0.4 is 5.73 Å². The maximum atomic E-state index is 12.4. The van der Waals surface area contributed by atoms with Crippen molar-refractivity contribution in [3.63, 3.8) is 0 Å². The number of hydrogen-bond acceptors (Lipinski definition) is 2. The number of hydrogen-bond donors (Lipinski definition) is 1. The molecule has 2 N–H and O–H groups in total. The number of nitrogens with two attached hydrogens (primary N) is 1. The molecule has 1 saturated heterocycles. The zero-order valence-electron chi connectivity index (χ0n) is 13.2. The van der Waals surface area contributed by atoms with Gasteiger partial charge in [0, 0.05) is 19.5 Å². The lowest BCUT2D eigenvalue weighted by Gasteiger charge is -2.25. The first-order valence-corrected chi connectivity index (χ1v) is 7.82. The first-order chi connectivity index (χ1) is 8.84. The molecule has 0 unspecified atom stereocenters. The van der Waals surface area contributed by atoms with E-state index in [9.17, 15) is 4.79 Å². The summed E-state index contributed by atoms with van der Waals surface area (Å²) in [6.45, 7) is 11.5. The highest BCUT2D eigenvalue weighted by molar-refractivity contribution is 5.76. The van der Waals surface area contributed by atoms with Gasteiger partial charge in [-0.2, -0.15) is 0 Å². The molecule has 1 aliphatic heterocycles. The summed E-state index contributed by atoms with van der Waals surface area (Å²) in [6.07, 6.45) is 5.17. The Morgan fingerprint density at radius 2 is 1.95 bits per heavy atom. The van der Waals surface area contributed by atoms with E-state index in [0.29, 0.717) is 36.1 Å². The highest BCUT2D eigenvalue weighted by Crippen LogP contribution is 2.30. The number of carbonyl (C=O) groups is 1. The normalized spacial score (nSPS) is 21.3. The fraction of sp³-hybridized carbons (Fsp3) is 0.938. The molecule has 1 atom stereocenters. The molecule has 0 aliphatic carbocycles. The van der Waals surface area contributed by atoms with Gasteiger partial charge in [-0.05, 0) is 49.5 Å². The Bertz CT molecular complexity index is 286. The Balaban J connectivity index is 2.48. The number of carbonyl (C=O) groups excluding carboxylic acids is 1. The maximum absolute atomic E-state index is 12.4. The van der Waals surface area contributed by atoms with E-state index in [2.05, 4.69) is 32.6 Å². The molecule has 0 saturated carbocycles. The van der Waals surface area contributed by atoms with Crippen molar-refractivity contribution in [2.45, 2.75) is 59.8 Å². The van der Waals surface area contributed by atoms with Gasteiger partial charge in [-0.25, -0.2) is 0 Å².